The van der Waals surface area contributed by atoms with Gasteiger partial charge in [-0.1, -0.05) is 58.8 Å². The number of unbranched alkanes of at least 4 members (excludes halogenated alkanes) is 2. The van der Waals surface area contributed by atoms with E-state index in [2.05, 4.69) is 19.9 Å². The quantitative estimate of drug-likeness (QED) is 0.383. The Hall–Kier alpha value is -0.510. The van der Waals surface area contributed by atoms with Gasteiger partial charge < -0.3 is 0 Å². The van der Waals surface area contributed by atoms with Crippen molar-refractivity contribution in [3.63, 3.8) is 0 Å². The average Bonchev–Trinajstić information content (AvgIpc) is 2.75. The first-order valence-corrected chi connectivity index (χ1v) is 13.1. The fourth-order valence-electron chi connectivity index (χ4n) is 7.28. The first kappa shape index (κ1) is 22.2. The van der Waals surface area contributed by atoms with Gasteiger partial charge in [-0.3, -0.25) is 0 Å². The molecule has 0 atom stereocenters. The number of nitrogens with zero attached hydrogens (tertiary/aromatic N) is 1. The smallest absolute Gasteiger partial charge is 0.0689 e. The Morgan fingerprint density at radius 1 is 0.679 bits per heavy atom. The lowest BCUT2D eigenvalue weighted by molar-refractivity contribution is 0.0903. The van der Waals surface area contributed by atoms with Gasteiger partial charge in [0.25, 0.3) is 0 Å². The van der Waals surface area contributed by atoms with Gasteiger partial charge in [0.1, 0.15) is 0 Å². The molecule has 0 amide bonds. The third-order valence-electron chi connectivity index (χ3n) is 9.21. The van der Waals surface area contributed by atoms with Crippen LogP contribution in [0.15, 0.2) is 0 Å². The van der Waals surface area contributed by atoms with Crippen LogP contribution in [0, 0.1) is 46.3 Å². The molecular formula is C27H47N. The minimum Gasteiger partial charge on any atom is -0.198 e. The maximum absolute atomic E-state index is 9.68. The van der Waals surface area contributed by atoms with Crippen molar-refractivity contribution in [2.24, 2.45) is 35.0 Å². The van der Waals surface area contributed by atoms with E-state index in [1.54, 1.807) is 0 Å². The number of hydrogen-bond acceptors (Lipinski definition) is 1. The van der Waals surface area contributed by atoms with Crippen LogP contribution >= 0.6 is 0 Å². The molecule has 1 nitrogen and oxygen atoms in total. The summed E-state index contributed by atoms with van der Waals surface area (Å²) in [5, 5.41) is 9.68. The van der Waals surface area contributed by atoms with Gasteiger partial charge >= 0.3 is 0 Å². The molecule has 0 aliphatic heterocycles. The van der Waals surface area contributed by atoms with E-state index in [1.807, 2.05) is 0 Å². The van der Waals surface area contributed by atoms with E-state index in [4.69, 9.17) is 0 Å². The second-order valence-electron chi connectivity index (χ2n) is 10.9. The summed E-state index contributed by atoms with van der Waals surface area (Å²) < 4.78 is 0. The minimum absolute atomic E-state index is 0.0399. The Kier molecular flexibility index (Phi) is 8.74. The first-order valence-electron chi connectivity index (χ1n) is 13.1. The summed E-state index contributed by atoms with van der Waals surface area (Å²) in [6.07, 6.45) is 25.3. The molecule has 0 saturated heterocycles. The Morgan fingerprint density at radius 2 is 1.18 bits per heavy atom. The molecule has 0 N–H and O–H groups in total. The van der Waals surface area contributed by atoms with Gasteiger partial charge in [0.2, 0.25) is 0 Å². The van der Waals surface area contributed by atoms with Crippen LogP contribution in [0.5, 0.6) is 0 Å². The summed E-state index contributed by atoms with van der Waals surface area (Å²) in [5.74, 6) is 5.10. The summed E-state index contributed by atoms with van der Waals surface area (Å²) in [6.45, 7) is 4.57. The highest BCUT2D eigenvalue weighted by Gasteiger charge is 2.39. The molecule has 0 unspecified atom stereocenters. The van der Waals surface area contributed by atoms with E-state index in [9.17, 15) is 5.26 Å². The zero-order valence-corrected chi connectivity index (χ0v) is 19.1. The molecule has 1 heteroatoms. The molecule has 3 saturated carbocycles. The number of rotatable bonds is 8. The third kappa shape index (κ3) is 5.77. The standard InChI is InChI=1S/C27H47N/c1-3-5-6-7-22-8-10-23(11-9-22)24-12-14-25(15-13-24)26-16-19-27(21-28,18-4-2)20-17-26/h22-26H,3-20H2,1-2H3. The molecule has 3 aliphatic carbocycles. The average molecular weight is 386 g/mol. The van der Waals surface area contributed by atoms with Crippen molar-refractivity contribution in [3.8, 4) is 6.07 Å². The van der Waals surface area contributed by atoms with Crippen LogP contribution in [0.25, 0.3) is 0 Å². The fraction of sp³-hybridized carbons (Fsp3) is 0.963. The molecule has 0 radical (unpaired) electrons. The number of hydrogen-bond donors (Lipinski definition) is 0. The molecule has 0 heterocycles. The lowest BCUT2D eigenvalue weighted by atomic mass is 9.62. The predicted molar refractivity (Wildman–Crippen MR) is 120 cm³/mol. The van der Waals surface area contributed by atoms with Gasteiger partial charge in [-0.25, -0.2) is 0 Å². The summed E-state index contributed by atoms with van der Waals surface area (Å²) in [5.41, 5.74) is 0.0399. The van der Waals surface area contributed by atoms with Gasteiger partial charge in [0.05, 0.1) is 11.5 Å². The molecule has 0 spiro atoms. The van der Waals surface area contributed by atoms with Gasteiger partial charge in [0.15, 0.2) is 0 Å². The molecule has 0 aromatic heterocycles. The monoisotopic (exact) mass is 385 g/mol. The van der Waals surface area contributed by atoms with Gasteiger partial charge in [-0.2, -0.15) is 5.26 Å². The van der Waals surface area contributed by atoms with Gasteiger partial charge in [0, 0.05) is 0 Å². The SMILES string of the molecule is CCCCCC1CCC(C2CCC(C3CCC(C#N)(CCC)CC3)CC2)CC1. The van der Waals surface area contributed by atoms with E-state index < -0.39 is 0 Å². The molecule has 3 fully saturated rings. The zero-order valence-electron chi connectivity index (χ0n) is 19.1. The molecule has 28 heavy (non-hydrogen) atoms. The summed E-state index contributed by atoms with van der Waals surface area (Å²) in [7, 11) is 0. The largest absolute Gasteiger partial charge is 0.198 e. The Balaban J connectivity index is 1.36. The van der Waals surface area contributed by atoms with Crippen molar-refractivity contribution in [1.29, 1.82) is 5.26 Å². The second-order valence-corrected chi connectivity index (χ2v) is 10.9. The lowest BCUT2D eigenvalue weighted by Crippen LogP contribution is -2.32. The fourth-order valence-corrected chi connectivity index (χ4v) is 7.28. The number of nitriles is 1. The van der Waals surface area contributed by atoms with Crippen molar-refractivity contribution in [2.45, 2.75) is 129 Å². The molecule has 3 rings (SSSR count). The minimum atomic E-state index is 0.0399. The Morgan fingerprint density at radius 3 is 1.64 bits per heavy atom. The van der Waals surface area contributed by atoms with E-state index >= 15 is 0 Å². The molecular weight excluding hydrogens is 338 g/mol. The zero-order chi connectivity index (χ0) is 19.8. The highest BCUT2D eigenvalue weighted by molar-refractivity contribution is 5.02. The van der Waals surface area contributed by atoms with Crippen molar-refractivity contribution in [2.75, 3.05) is 0 Å². The molecule has 3 aliphatic rings. The van der Waals surface area contributed by atoms with E-state index in [-0.39, 0.29) is 5.41 Å². The van der Waals surface area contributed by atoms with Crippen LogP contribution in [-0.2, 0) is 0 Å². The normalized spacial score (nSPS) is 39.4. The van der Waals surface area contributed by atoms with Crippen LogP contribution < -0.4 is 0 Å². The van der Waals surface area contributed by atoms with Gasteiger partial charge in [-0.05, 0) is 100 Å². The second kappa shape index (κ2) is 11.0. The van der Waals surface area contributed by atoms with Crippen LogP contribution in [-0.4, -0.2) is 0 Å². The van der Waals surface area contributed by atoms with Crippen LogP contribution in [0.3, 0.4) is 0 Å². The van der Waals surface area contributed by atoms with Gasteiger partial charge in [-0.15, -0.1) is 0 Å². The van der Waals surface area contributed by atoms with Crippen molar-refractivity contribution >= 4 is 0 Å². The van der Waals surface area contributed by atoms with Crippen LogP contribution in [0.2, 0.25) is 0 Å². The molecule has 0 aromatic rings. The lowest BCUT2D eigenvalue weighted by Gasteiger charge is -2.43. The van der Waals surface area contributed by atoms with Crippen LogP contribution in [0.1, 0.15) is 129 Å². The topological polar surface area (TPSA) is 23.8 Å². The predicted octanol–water partition coefficient (Wildman–Crippen LogP) is 8.68. The van der Waals surface area contributed by atoms with E-state index in [0.29, 0.717) is 0 Å². The molecule has 160 valence electrons. The van der Waals surface area contributed by atoms with Crippen molar-refractivity contribution in [1.82, 2.24) is 0 Å². The van der Waals surface area contributed by atoms with Crippen molar-refractivity contribution in [3.05, 3.63) is 0 Å². The Bertz CT molecular complexity index is 465. The maximum Gasteiger partial charge on any atom is 0.0689 e. The third-order valence-corrected chi connectivity index (χ3v) is 9.21. The Labute approximate surface area is 176 Å². The van der Waals surface area contributed by atoms with Crippen molar-refractivity contribution < 1.29 is 0 Å². The first-order chi connectivity index (χ1) is 13.7. The van der Waals surface area contributed by atoms with E-state index in [1.165, 1.54) is 109 Å². The summed E-state index contributed by atoms with van der Waals surface area (Å²) >= 11 is 0. The maximum atomic E-state index is 9.68. The van der Waals surface area contributed by atoms with Crippen LogP contribution in [0.4, 0.5) is 0 Å². The highest BCUT2D eigenvalue weighted by Crippen LogP contribution is 2.49. The highest BCUT2D eigenvalue weighted by atomic mass is 14.4. The molecule has 0 bridgehead atoms. The summed E-state index contributed by atoms with van der Waals surface area (Å²) in [6, 6.07) is 2.71. The summed E-state index contributed by atoms with van der Waals surface area (Å²) in [4.78, 5) is 0. The molecule has 0 aromatic carbocycles. The van der Waals surface area contributed by atoms with E-state index in [0.717, 1.165) is 36.0 Å².